The zero-order valence-electron chi connectivity index (χ0n) is 20.0. The number of aromatic hydroxyl groups is 1. The van der Waals surface area contributed by atoms with Crippen molar-refractivity contribution in [2.75, 3.05) is 20.2 Å². The van der Waals surface area contributed by atoms with Crippen molar-refractivity contribution in [1.82, 2.24) is 9.63 Å². The van der Waals surface area contributed by atoms with Gasteiger partial charge < -0.3 is 25.4 Å². The number of nitrogens with zero attached hydrogens (tertiary/aromatic N) is 5. The van der Waals surface area contributed by atoms with Crippen molar-refractivity contribution in [3.05, 3.63) is 59.3 Å². The van der Waals surface area contributed by atoms with Crippen LogP contribution in [0.1, 0.15) is 52.5 Å². The molecule has 11 nitrogen and oxygen atoms in total. The number of phenols is 1. The average molecular weight is 491 g/mol. The van der Waals surface area contributed by atoms with Crippen molar-refractivity contribution in [2.45, 2.75) is 31.8 Å². The highest BCUT2D eigenvalue weighted by Crippen LogP contribution is 2.40. The number of carbonyl (C=O) groups is 2. The zero-order valence-corrected chi connectivity index (χ0v) is 20.0. The quantitative estimate of drug-likeness (QED) is 0.249. The molecule has 2 aliphatic rings. The van der Waals surface area contributed by atoms with E-state index in [1.165, 1.54) is 17.9 Å². The Kier molecular flexibility index (Phi) is 5.83. The Morgan fingerprint density at radius 3 is 2.67 bits per heavy atom. The van der Waals surface area contributed by atoms with E-state index in [0.29, 0.717) is 59.4 Å². The second kappa shape index (κ2) is 8.99. The molecule has 2 aliphatic heterocycles. The number of ketones is 1. The fraction of sp³-hybridized carbons (Fsp3) is 0.320. The maximum absolute atomic E-state index is 13.3. The van der Waals surface area contributed by atoms with Crippen molar-refractivity contribution in [1.29, 1.82) is 0 Å². The van der Waals surface area contributed by atoms with E-state index >= 15 is 0 Å². The molecule has 0 unspecified atom stereocenters. The SMILES string of the molecule is COn1ccc2c(O)cc(C(=O)N3CCC4(CC3)CC(=O)c3cc(/C(C)=N/N=N\N)ccc3O4)cc21. The molecule has 186 valence electrons. The van der Waals surface area contributed by atoms with Gasteiger partial charge in [0.25, 0.3) is 5.91 Å². The Morgan fingerprint density at radius 1 is 1.17 bits per heavy atom. The van der Waals surface area contributed by atoms with Gasteiger partial charge in [-0.15, -0.1) is 5.10 Å². The first kappa shape index (κ1) is 23.3. The van der Waals surface area contributed by atoms with Crippen LogP contribution in [0.3, 0.4) is 0 Å². The smallest absolute Gasteiger partial charge is 0.254 e. The van der Waals surface area contributed by atoms with Gasteiger partial charge in [0.15, 0.2) is 5.78 Å². The number of benzene rings is 2. The van der Waals surface area contributed by atoms with E-state index in [1.807, 2.05) is 6.07 Å². The van der Waals surface area contributed by atoms with Gasteiger partial charge in [0.1, 0.15) is 24.2 Å². The maximum atomic E-state index is 13.3. The molecule has 36 heavy (non-hydrogen) atoms. The lowest BCUT2D eigenvalue weighted by Crippen LogP contribution is -2.52. The second-order valence-electron chi connectivity index (χ2n) is 9.03. The molecule has 1 amide bonds. The summed E-state index contributed by atoms with van der Waals surface area (Å²) in [6, 6.07) is 10.2. The third-order valence-corrected chi connectivity index (χ3v) is 6.91. The summed E-state index contributed by atoms with van der Waals surface area (Å²) >= 11 is 0. The fourth-order valence-electron chi connectivity index (χ4n) is 4.93. The van der Waals surface area contributed by atoms with E-state index in [-0.39, 0.29) is 23.9 Å². The van der Waals surface area contributed by atoms with E-state index in [4.69, 9.17) is 15.4 Å². The molecule has 3 heterocycles. The minimum Gasteiger partial charge on any atom is -0.507 e. The first-order valence-corrected chi connectivity index (χ1v) is 11.5. The van der Waals surface area contributed by atoms with Crippen molar-refractivity contribution in [2.24, 2.45) is 21.4 Å². The molecule has 5 rings (SSSR count). The normalized spacial score (nSPS) is 17.4. The van der Waals surface area contributed by atoms with Gasteiger partial charge in [0.05, 0.1) is 23.2 Å². The van der Waals surface area contributed by atoms with Crippen LogP contribution < -0.4 is 15.4 Å². The van der Waals surface area contributed by atoms with Gasteiger partial charge in [-0.2, -0.15) is 4.73 Å². The molecule has 3 N–H and O–H groups in total. The summed E-state index contributed by atoms with van der Waals surface area (Å²) in [7, 11) is 1.52. The molecular formula is C25H26N6O5. The van der Waals surface area contributed by atoms with Crippen LogP contribution >= 0.6 is 0 Å². The van der Waals surface area contributed by atoms with Gasteiger partial charge in [-0.1, -0.05) is 5.22 Å². The number of Topliss-reactive ketones (excluding diaryl/α,β-unsaturated/α-hetero) is 1. The van der Waals surface area contributed by atoms with Crippen molar-refractivity contribution in [3.8, 4) is 11.5 Å². The van der Waals surface area contributed by atoms with Gasteiger partial charge in [-0.05, 0) is 54.1 Å². The summed E-state index contributed by atoms with van der Waals surface area (Å²) in [5, 5.41) is 21.5. The summed E-state index contributed by atoms with van der Waals surface area (Å²) in [6.07, 6.45) is 2.96. The lowest BCUT2D eigenvalue weighted by Gasteiger charge is -2.44. The molecule has 0 radical (unpaired) electrons. The Morgan fingerprint density at radius 2 is 1.94 bits per heavy atom. The topological polar surface area (TPSA) is 144 Å². The van der Waals surface area contributed by atoms with Gasteiger partial charge >= 0.3 is 0 Å². The third-order valence-electron chi connectivity index (χ3n) is 6.91. The number of aromatic nitrogens is 1. The van der Waals surface area contributed by atoms with Gasteiger partial charge in [0.2, 0.25) is 0 Å². The lowest BCUT2D eigenvalue weighted by atomic mass is 9.82. The number of hydrogen-bond donors (Lipinski definition) is 2. The number of amides is 1. The number of rotatable bonds is 4. The molecule has 1 aromatic heterocycles. The van der Waals surface area contributed by atoms with E-state index in [2.05, 4.69) is 15.5 Å². The van der Waals surface area contributed by atoms with Crippen LogP contribution in [-0.2, 0) is 0 Å². The molecule has 1 saturated heterocycles. The third kappa shape index (κ3) is 4.02. The largest absolute Gasteiger partial charge is 0.507 e. The number of carbonyl (C=O) groups excluding carboxylic acids is 2. The standard InChI is InChI=1S/C25H26N6O5/c1-15(27-29-28-26)16-3-4-23-19(11-16)22(33)14-25(36-23)6-9-30(10-7-25)24(34)17-12-20-18(21(32)13-17)5-8-31(20)35-2/h3-5,8,11-13,32H,6-7,9-10,14H2,1-2H3,(H2,26,29)/b27-15+. The highest BCUT2D eigenvalue weighted by molar-refractivity contribution is 6.05. The Hall–Kier alpha value is -4.41. The molecule has 0 saturated carbocycles. The minimum absolute atomic E-state index is 0.0122. The van der Waals surface area contributed by atoms with Crippen molar-refractivity contribution < 1.29 is 24.3 Å². The number of nitrogens with two attached hydrogens (primary N) is 1. The Labute approximate surface area is 206 Å². The summed E-state index contributed by atoms with van der Waals surface area (Å²) in [6.45, 7) is 2.61. The molecule has 2 aromatic carbocycles. The number of likely N-dealkylation sites (tertiary alicyclic amines) is 1. The number of piperidine rings is 1. The van der Waals surface area contributed by atoms with Gasteiger partial charge in [0, 0.05) is 43.1 Å². The van der Waals surface area contributed by atoms with Crippen LogP contribution in [0.2, 0.25) is 0 Å². The van der Waals surface area contributed by atoms with E-state index in [9.17, 15) is 14.7 Å². The predicted molar refractivity (Wildman–Crippen MR) is 131 cm³/mol. The lowest BCUT2D eigenvalue weighted by molar-refractivity contribution is -0.00572. The van der Waals surface area contributed by atoms with Crippen LogP contribution in [-0.4, -0.2) is 57.9 Å². The highest BCUT2D eigenvalue weighted by Gasteiger charge is 2.44. The molecule has 0 atom stereocenters. The van der Waals surface area contributed by atoms with Crippen molar-refractivity contribution in [3.63, 3.8) is 0 Å². The van der Waals surface area contributed by atoms with Gasteiger partial charge in [-0.25, -0.2) is 0 Å². The summed E-state index contributed by atoms with van der Waals surface area (Å²) in [4.78, 5) is 33.3. The van der Waals surface area contributed by atoms with E-state index in [0.717, 1.165) is 5.56 Å². The van der Waals surface area contributed by atoms with Crippen LogP contribution in [0.25, 0.3) is 10.9 Å². The molecule has 11 heteroatoms. The second-order valence-corrected chi connectivity index (χ2v) is 9.03. The molecule has 0 bridgehead atoms. The first-order valence-electron chi connectivity index (χ1n) is 11.5. The van der Waals surface area contributed by atoms with E-state index < -0.39 is 5.60 Å². The van der Waals surface area contributed by atoms with E-state index in [1.54, 1.807) is 42.3 Å². The van der Waals surface area contributed by atoms with Crippen LogP contribution in [0.15, 0.2) is 58.1 Å². The Balaban J connectivity index is 1.32. The van der Waals surface area contributed by atoms with Gasteiger partial charge in [-0.3, -0.25) is 9.59 Å². The molecular weight excluding hydrogens is 464 g/mol. The van der Waals surface area contributed by atoms with Crippen LogP contribution in [0.4, 0.5) is 0 Å². The summed E-state index contributed by atoms with van der Waals surface area (Å²) < 4.78 is 7.85. The number of fused-ring (bicyclic) bond motifs is 2. The number of hydrogen-bond acceptors (Lipinski definition) is 7. The van der Waals surface area contributed by atoms with Crippen LogP contribution in [0, 0.1) is 0 Å². The molecule has 0 aliphatic carbocycles. The maximum Gasteiger partial charge on any atom is 0.254 e. The summed E-state index contributed by atoms with van der Waals surface area (Å²) in [5.74, 6) is 5.34. The monoisotopic (exact) mass is 490 g/mol. The minimum atomic E-state index is -0.657. The molecule has 3 aromatic rings. The average Bonchev–Trinajstić information content (AvgIpc) is 3.31. The zero-order chi connectivity index (χ0) is 25.4. The molecule has 1 fully saturated rings. The summed E-state index contributed by atoms with van der Waals surface area (Å²) in [5.41, 5.74) is 2.13. The van der Waals surface area contributed by atoms with Crippen LogP contribution in [0.5, 0.6) is 11.5 Å². The van der Waals surface area contributed by atoms with Crippen molar-refractivity contribution >= 4 is 28.3 Å². The first-order chi connectivity index (χ1) is 17.3. The molecule has 1 spiro atoms. The fourth-order valence-corrected chi connectivity index (χ4v) is 4.93. The Bertz CT molecular complexity index is 1420. The highest BCUT2D eigenvalue weighted by atomic mass is 16.6. The number of ether oxygens (including phenoxy) is 1. The number of phenolic OH excluding ortho intramolecular Hbond substituents is 1. The predicted octanol–water partition coefficient (Wildman–Crippen LogP) is 3.10.